The van der Waals surface area contributed by atoms with Gasteiger partial charge in [-0.15, -0.1) is 0 Å². The summed E-state index contributed by atoms with van der Waals surface area (Å²) in [5, 5.41) is 0.749. The molecule has 1 aromatic heterocycles. The number of carbonyl (C=O) groups is 1. The minimum atomic E-state index is -0.214. The van der Waals surface area contributed by atoms with Gasteiger partial charge < -0.3 is 22.1 Å². The van der Waals surface area contributed by atoms with Gasteiger partial charge in [0, 0.05) is 0 Å². The van der Waals surface area contributed by atoms with E-state index in [2.05, 4.69) is 9.97 Å². The van der Waals surface area contributed by atoms with Gasteiger partial charge in [-0.1, -0.05) is 17.8 Å². The van der Waals surface area contributed by atoms with Crippen LogP contribution in [0.25, 0.3) is 11.0 Å². The highest BCUT2D eigenvalue weighted by Gasteiger charge is 2.07. The number of nitrogens with one attached hydrogen (secondary N) is 1. The molecule has 18 heavy (non-hydrogen) atoms. The molecule has 0 amide bonds. The highest BCUT2D eigenvalue weighted by molar-refractivity contribution is 7.99. The Morgan fingerprint density at radius 2 is 2.28 bits per heavy atom. The number of benzene rings is 1. The first-order valence-corrected chi connectivity index (χ1v) is 6.42. The number of aromatic amines is 1. The van der Waals surface area contributed by atoms with Gasteiger partial charge >= 0.3 is 5.97 Å². The fraction of sp³-hybridized carbons (Fsp3) is 0.333. The van der Waals surface area contributed by atoms with Gasteiger partial charge in [-0.25, -0.2) is 4.98 Å². The molecule has 4 nitrogen and oxygen atoms in total. The van der Waals surface area contributed by atoms with Crippen LogP contribution in [0.1, 0.15) is 12.5 Å². The van der Waals surface area contributed by atoms with E-state index in [1.165, 1.54) is 17.3 Å². The van der Waals surface area contributed by atoms with Crippen LogP contribution in [0.2, 0.25) is 0 Å². The average Bonchev–Trinajstić information content (AvgIpc) is 2.68. The topological polar surface area (TPSA) is 55.0 Å². The Labute approximate surface area is 116 Å². The zero-order valence-corrected chi connectivity index (χ0v) is 11.8. The SMILES string of the molecule is CCOC(=O)CSc1nc2ccc(C)cc2[nH]1.[Cl-]. The third kappa shape index (κ3) is 3.65. The molecule has 0 radical (unpaired) electrons. The van der Waals surface area contributed by atoms with Gasteiger partial charge in [-0.05, 0) is 31.5 Å². The van der Waals surface area contributed by atoms with Gasteiger partial charge in [0.1, 0.15) is 0 Å². The summed E-state index contributed by atoms with van der Waals surface area (Å²) in [4.78, 5) is 18.8. The number of nitrogens with zero attached hydrogens (tertiary/aromatic N) is 1. The fourth-order valence-electron chi connectivity index (χ4n) is 1.50. The molecule has 0 unspecified atom stereocenters. The molecule has 0 aliphatic rings. The lowest BCUT2D eigenvalue weighted by Gasteiger charge is -1.98. The molecule has 0 aliphatic carbocycles. The smallest absolute Gasteiger partial charge is 0.316 e. The predicted molar refractivity (Wildman–Crippen MR) is 68.2 cm³/mol. The molecule has 0 atom stereocenters. The lowest BCUT2D eigenvalue weighted by atomic mass is 10.2. The van der Waals surface area contributed by atoms with Crippen LogP contribution >= 0.6 is 11.8 Å². The van der Waals surface area contributed by atoms with Crippen molar-refractivity contribution in [2.24, 2.45) is 0 Å². The molecule has 0 fully saturated rings. The van der Waals surface area contributed by atoms with Crippen molar-refractivity contribution in [2.45, 2.75) is 19.0 Å². The standard InChI is InChI=1S/C12H14N2O2S.ClH/c1-3-16-11(15)7-17-12-13-9-5-4-8(2)6-10(9)14-12;/h4-6H,3,7H2,1-2H3,(H,13,14);1H/p-1. The molecule has 6 heteroatoms. The van der Waals surface area contributed by atoms with Crippen LogP contribution in [0.4, 0.5) is 0 Å². The van der Waals surface area contributed by atoms with E-state index in [1.54, 1.807) is 6.92 Å². The number of imidazole rings is 1. The van der Waals surface area contributed by atoms with E-state index >= 15 is 0 Å². The van der Waals surface area contributed by atoms with Crippen molar-refractivity contribution in [3.05, 3.63) is 23.8 Å². The summed E-state index contributed by atoms with van der Waals surface area (Å²) in [5.41, 5.74) is 3.10. The molecule has 2 aromatic rings. The van der Waals surface area contributed by atoms with E-state index in [4.69, 9.17) is 4.74 Å². The highest BCUT2D eigenvalue weighted by Crippen LogP contribution is 2.20. The predicted octanol–water partition coefficient (Wildman–Crippen LogP) is -0.469. The molecule has 0 saturated carbocycles. The molecule has 1 heterocycles. The zero-order valence-electron chi connectivity index (χ0n) is 10.2. The van der Waals surface area contributed by atoms with E-state index in [0.717, 1.165) is 16.2 Å². The molecule has 1 aromatic carbocycles. The summed E-state index contributed by atoms with van der Waals surface area (Å²) < 4.78 is 4.86. The number of fused-ring (bicyclic) bond motifs is 1. The number of ether oxygens (including phenoxy) is 1. The number of thioether (sulfide) groups is 1. The Morgan fingerprint density at radius 3 is 3.00 bits per heavy atom. The lowest BCUT2D eigenvalue weighted by molar-refractivity contribution is -0.139. The van der Waals surface area contributed by atoms with Crippen molar-refractivity contribution >= 4 is 28.8 Å². The van der Waals surface area contributed by atoms with Gasteiger partial charge in [0.2, 0.25) is 0 Å². The van der Waals surface area contributed by atoms with Gasteiger partial charge in [0.15, 0.2) is 5.16 Å². The first-order valence-electron chi connectivity index (χ1n) is 5.44. The van der Waals surface area contributed by atoms with Crippen LogP contribution in [0, 0.1) is 6.92 Å². The minimum Gasteiger partial charge on any atom is -1.00 e. The summed E-state index contributed by atoms with van der Waals surface area (Å²) in [5.74, 6) is 0.0706. The number of aryl methyl sites for hydroxylation is 1. The third-order valence-corrected chi connectivity index (χ3v) is 3.09. The second kappa shape index (κ2) is 6.66. The van der Waals surface area contributed by atoms with E-state index in [9.17, 15) is 4.79 Å². The third-order valence-electron chi connectivity index (χ3n) is 2.25. The number of halogens is 1. The number of esters is 1. The van der Waals surface area contributed by atoms with Crippen LogP contribution in [0.5, 0.6) is 0 Å². The quantitative estimate of drug-likeness (QED) is 0.610. The van der Waals surface area contributed by atoms with Crippen molar-refractivity contribution in [2.75, 3.05) is 12.4 Å². The molecule has 0 saturated heterocycles. The van der Waals surface area contributed by atoms with E-state index in [-0.39, 0.29) is 24.1 Å². The Balaban J connectivity index is 0.00000162. The van der Waals surface area contributed by atoms with E-state index in [1.807, 2.05) is 25.1 Å². The minimum absolute atomic E-state index is 0. The van der Waals surface area contributed by atoms with Gasteiger partial charge in [-0.2, -0.15) is 0 Å². The number of aromatic nitrogens is 2. The monoisotopic (exact) mass is 285 g/mol. The van der Waals surface area contributed by atoms with Crippen molar-refractivity contribution in [3.8, 4) is 0 Å². The highest BCUT2D eigenvalue weighted by atomic mass is 35.5. The molecule has 1 N–H and O–H groups in total. The average molecular weight is 286 g/mol. The van der Waals surface area contributed by atoms with Crippen molar-refractivity contribution < 1.29 is 21.9 Å². The van der Waals surface area contributed by atoms with Crippen LogP contribution in [0.15, 0.2) is 23.4 Å². The number of rotatable bonds is 4. The normalized spacial score (nSPS) is 10.1. The Hall–Kier alpha value is -1.20. The second-order valence-electron chi connectivity index (χ2n) is 3.66. The molecular formula is C12H14ClN2O2S-. The molecular weight excluding hydrogens is 272 g/mol. The van der Waals surface area contributed by atoms with E-state index in [0.29, 0.717) is 6.61 Å². The van der Waals surface area contributed by atoms with E-state index < -0.39 is 0 Å². The molecule has 98 valence electrons. The maximum absolute atomic E-state index is 11.2. The van der Waals surface area contributed by atoms with Crippen molar-refractivity contribution in [1.82, 2.24) is 9.97 Å². The van der Waals surface area contributed by atoms with Crippen LogP contribution in [-0.4, -0.2) is 28.3 Å². The van der Waals surface area contributed by atoms with Crippen molar-refractivity contribution in [1.29, 1.82) is 0 Å². The van der Waals surface area contributed by atoms with Gasteiger partial charge in [0.25, 0.3) is 0 Å². The van der Waals surface area contributed by atoms with Crippen LogP contribution < -0.4 is 12.4 Å². The van der Waals surface area contributed by atoms with Crippen LogP contribution in [0.3, 0.4) is 0 Å². The number of hydrogen-bond acceptors (Lipinski definition) is 4. The second-order valence-corrected chi connectivity index (χ2v) is 4.62. The molecule has 2 rings (SSSR count). The lowest BCUT2D eigenvalue weighted by Crippen LogP contribution is -3.00. The summed E-state index contributed by atoms with van der Waals surface area (Å²) in [7, 11) is 0. The maximum Gasteiger partial charge on any atom is 0.316 e. The number of hydrogen-bond donors (Lipinski definition) is 1. The van der Waals surface area contributed by atoms with Crippen LogP contribution in [-0.2, 0) is 9.53 Å². The zero-order chi connectivity index (χ0) is 12.3. The van der Waals surface area contributed by atoms with Crippen molar-refractivity contribution in [3.63, 3.8) is 0 Å². The summed E-state index contributed by atoms with van der Waals surface area (Å²) in [6, 6.07) is 6.02. The summed E-state index contributed by atoms with van der Waals surface area (Å²) in [6.07, 6.45) is 0. The number of H-pyrrole nitrogens is 1. The fourth-order valence-corrected chi connectivity index (χ4v) is 2.18. The summed E-state index contributed by atoms with van der Waals surface area (Å²) >= 11 is 1.36. The molecule has 0 spiro atoms. The first-order chi connectivity index (χ1) is 8.19. The Kier molecular flexibility index (Phi) is 5.50. The Bertz CT molecular complexity index is 542. The van der Waals surface area contributed by atoms with Gasteiger partial charge in [-0.3, -0.25) is 4.79 Å². The van der Waals surface area contributed by atoms with Gasteiger partial charge in [0.05, 0.1) is 23.4 Å². The first kappa shape index (κ1) is 14.9. The largest absolute Gasteiger partial charge is 1.00 e. The maximum atomic E-state index is 11.2. The molecule has 0 aliphatic heterocycles. The number of carbonyl (C=O) groups excluding carboxylic acids is 1. The summed E-state index contributed by atoms with van der Waals surface area (Å²) in [6.45, 7) is 4.25. The molecule has 0 bridgehead atoms. The Morgan fingerprint density at radius 1 is 1.50 bits per heavy atom.